The highest BCUT2D eigenvalue weighted by Crippen LogP contribution is 2.35. The fourth-order valence-electron chi connectivity index (χ4n) is 2.18. The number of nitrogens with two attached hydrogens (primary N) is 2. The Kier molecular flexibility index (Phi) is 3.93. The van der Waals surface area contributed by atoms with E-state index in [1.165, 1.54) is 11.3 Å². The monoisotopic (exact) mass is 279 g/mol. The first-order valence-electron chi connectivity index (χ1n) is 6.10. The lowest BCUT2D eigenvalue weighted by Crippen LogP contribution is -2.36. The van der Waals surface area contributed by atoms with Gasteiger partial charge in [-0.3, -0.25) is 4.79 Å². The van der Waals surface area contributed by atoms with Crippen molar-refractivity contribution in [2.75, 3.05) is 31.2 Å². The smallest absolute Gasteiger partial charge is 0.261 e. The van der Waals surface area contributed by atoms with Gasteiger partial charge in [-0.15, -0.1) is 11.3 Å². The summed E-state index contributed by atoms with van der Waals surface area (Å²) in [6, 6.07) is 2.35. The van der Waals surface area contributed by atoms with Crippen molar-refractivity contribution in [1.29, 1.82) is 5.26 Å². The van der Waals surface area contributed by atoms with Crippen LogP contribution in [0.2, 0.25) is 0 Å². The molecule has 1 aliphatic heterocycles. The quantitative estimate of drug-likeness (QED) is 0.758. The van der Waals surface area contributed by atoms with Gasteiger partial charge in [0.15, 0.2) is 0 Å². The zero-order valence-electron chi connectivity index (χ0n) is 10.8. The van der Waals surface area contributed by atoms with Crippen molar-refractivity contribution in [3.05, 3.63) is 10.4 Å². The third kappa shape index (κ3) is 2.80. The van der Waals surface area contributed by atoms with Gasteiger partial charge < -0.3 is 21.7 Å². The minimum absolute atomic E-state index is 0.190. The Balaban J connectivity index is 2.18. The number of carbonyl (C=O) groups is 1. The first-order valence-corrected chi connectivity index (χ1v) is 6.91. The van der Waals surface area contributed by atoms with Gasteiger partial charge in [-0.25, -0.2) is 0 Å². The minimum Gasteiger partial charge on any atom is -0.396 e. The van der Waals surface area contributed by atoms with Crippen molar-refractivity contribution in [3.63, 3.8) is 0 Å². The molecule has 2 rings (SSSR count). The molecule has 1 amide bonds. The highest BCUT2D eigenvalue weighted by molar-refractivity contribution is 7.18. The van der Waals surface area contributed by atoms with Gasteiger partial charge in [0.2, 0.25) is 0 Å². The molecule has 1 aromatic rings. The van der Waals surface area contributed by atoms with Crippen LogP contribution in [-0.2, 0) is 0 Å². The molecule has 102 valence electrons. The van der Waals surface area contributed by atoms with Crippen molar-refractivity contribution in [1.82, 2.24) is 4.90 Å². The lowest BCUT2D eigenvalue weighted by Gasteiger charge is -2.29. The van der Waals surface area contributed by atoms with Crippen molar-refractivity contribution in [3.8, 4) is 6.07 Å². The first kappa shape index (κ1) is 13.6. The molecule has 6 nitrogen and oxygen atoms in total. The second-order valence-electron chi connectivity index (χ2n) is 4.75. The number of nitrogens with zero attached hydrogens (tertiary/aromatic N) is 2. The predicted octanol–water partition coefficient (Wildman–Crippen LogP) is 0.807. The SMILES string of the molecule is CN1CCC(Nc2sc(C(N)=O)c(N)c2C#N)CC1. The summed E-state index contributed by atoms with van der Waals surface area (Å²) >= 11 is 1.17. The highest BCUT2D eigenvalue weighted by Gasteiger charge is 2.23. The van der Waals surface area contributed by atoms with Gasteiger partial charge in [0, 0.05) is 6.04 Å². The Labute approximate surface area is 116 Å². The molecule has 0 atom stereocenters. The number of anilines is 2. The molecule has 19 heavy (non-hydrogen) atoms. The van der Waals surface area contributed by atoms with Crippen LogP contribution < -0.4 is 16.8 Å². The zero-order valence-corrected chi connectivity index (χ0v) is 11.6. The normalized spacial score (nSPS) is 17.1. The fraction of sp³-hybridized carbons (Fsp3) is 0.500. The molecule has 7 heteroatoms. The highest BCUT2D eigenvalue weighted by atomic mass is 32.1. The van der Waals surface area contributed by atoms with Gasteiger partial charge in [-0.2, -0.15) is 5.26 Å². The molecule has 0 radical (unpaired) electrons. The number of nitrogen functional groups attached to an aromatic ring is 1. The third-order valence-electron chi connectivity index (χ3n) is 3.33. The minimum atomic E-state index is -0.588. The van der Waals surface area contributed by atoms with Crippen molar-refractivity contribution >= 4 is 27.9 Å². The maximum atomic E-state index is 11.2. The van der Waals surface area contributed by atoms with Crippen LogP contribution in [0.15, 0.2) is 0 Å². The number of rotatable bonds is 3. The van der Waals surface area contributed by atoms with E-state index in [0.717, 1.165) is 25.9 Å². The van der Waals surface area contributed by atoms with Crippen molar-refractivity contribution in [2.24, 2.45) is 5.73 Å². The van der Waals surface area contributed by atoms with E-state index in [1.54, 1.807) is 0 Å². The molecule has 0 aromatic carbocycles. The summed E-state index contributed by atoms with van der Waals surface area (Å²) < 4.78 is 0. The average molecular weight is 279 g/mol. The number of hydrogen-bond acceptors (Lipinski definition) is 6. The van der Waals surface area contributed by atoms with Gasteiger partial charge in [-0.1, -0.05) is 0 Å². The fourth-order valence-corrected chi connectivity index (χ4v) is 3.18. The van der Waals surface area contributed by atoms with Gasteiger partial charge in [0.25, 0.3) is 5.91 Å². The number of primary amides is 1. The molecule has 1 fully saturated rings. The molecular weight excluding hydrogens is 262 g/mol. The molecule has 0 aliphatic carbocycles. The number of nitriles is 1. The Morgan fingerprint density at radius 3 is 2.68 bits per heavy atom. The van der Waals surface area contributed by atoms with Gasteiger partial charge in [0.05, 0.1) is 5.69 Å². The number of likely N-dealkylation sites (tertiary alicyclic amines) is 1. The standard InChI is InChI=1S/C12H17N5OS/c1-17-4-2-7(3-5-17)16-12-8(6-13)9(14)10(19-12)11(15)18/h7,16H,2-5,14H2,1H3,(H2,15,18). The molecule has 1 aliphatic rings. The van der Waals surface area contributed by atoms with Gasteiger partial charge in [-0.05, 0) is 33.0 Å². The summed E-state index contributed by atoms with van der Waals surface area (Å²) in [5.74, 6) is -0.588. The Morgan fingerprint density at radius 1 is 1.53 bits per heavy atom. The molecule has 0 saturated carbocycles. The lowest BCUT2D eigenvalue weighted by atomic mass is 10.1. The van der Waals surface area contributed by atoms with Crippen LogP contribution in [0.3, 0.4) is 0 Å². The van der Waals surface area contributed by atoms with E-state index in [9.17, 15) is 4.79 Å². The number of piperidine rings is 1. The second-order valence-corrected chi connectivity index (χ2v) is 5.77. The summed E-state index contributed by atoms with van der Waals surface area (Å²) in [7, 11) is 2.09. The first-order chi connectivity index (χ1) is 9.02. The van der Waals surface area contributed by atoms with E-state index in [4.69, 9.17) is 16.7 Å². The van der Waals surface area contributed by atoms with Crippen LogP contribution in [-0.4, -0.2) is 37.0 Å². The predicted molar refractivity (Wildman–Crippen MR) is 76.1 cm³/mol. The number of hydrogen-bond donors (Lipinski definition) is 3. The number of carbonyl (C=O) groups excluding carboxylic acids is 1. The third-order valence-corrected chi connectivity index (χ3v) is 4.49. The number of thiophene rings is 1. The summed E-state index contributed by atoms with van der Waals surface area (Å²) in [4.78, 5) is 13.8. The van der Waals surface area contributed by atoms with Crippen LogP contribution in [0.5, 0.6) is 0 Å². The Morgan fingerprint density at radius 2 is 2.16 bits per heavy atom. The van der Waals surface area contributed by atoms with Crippen LogP contribution in [0.25, 0.3) is 0 Å². The van der Waals surface area contributed by atoms with Crippen LogP contribution in [0.1, 0.15) is 28.1 Å². The molecule has 1 saturated heterocycles. The molecule has 1 aromatic heterocycles. The number of amides is 1. The maximum absolute atomic E-state index is 11.2. The Hall–Kier alpha value is -1.78. The molecular formula is C12H17N5OS. The Bertz CT molecular complexity index is 525. The van der Waals surface area contributed by atoms with Crippen molar-refractivity contribution < 1.29 is 4.79 Å². The molecule has 0 unspecified atom stereocenters. The molecule has 5 N–H and O–H groups in total. The summed E-state index contributed by atoms with van der Waals surface area (Å²) in [6.45, 7) is 2.03. The van der Waals surface area contributed by atoms with Crippen molar-refractivity contribution in [2.45, 2.75) is 18.9 Å². The van der Waals surface area contributed by atoms with Crippen LogP contribution in [0, 0.1) is 11.3 Å². The second kappa shape index (κ2) is 5.47. The van der Waals surface area contributed by atoms with Gasteiger partial charge >= 0.3 is 0 Å². The van der Waals surface area contributed by atoms with E-state index >= 15 is 0 Å². The molecule has 2 heterocycles. The van der Waals surface area contributed by atoms with Crippen LogP contribution in [0.4, 0.5) is 10.7 Å². The van der Waals surface area contributed by atoms with E-state index in [0.29, 0.717) is 16.6 Å². The summed E-state index contributed by atoms with van der Waals surface area (Å²) in [6.07, 6.45) is 2.01. The van der Waals surface area contributed by atoms with Crippen LogP contribution >= 0.6 is 11.3 Å². The van der Waals surface area contributed by atoms with E-state index < -0.39 is 5.91 Å². The average Bonchev–Trinajstić information content (AvgIpc) is 2.68. The maximum Gasteiger partial charge on any atom is 0.261 e. The summed E-state index contributed by atoms with van der Waals surface area (Å²) in [5, 5.41) is 13.1. The summed E-state index contributed by atoms with van der Waals surface area (Å²) in [5.41, 5.74) is 11.6. The number of nitrogens with one attached hydrogen (secondary N) is 1. The lowest BCUT2D eigenvalue weighted by molar-refractivity contribution is 0.100. The van der Waals surface area contributed by atoms with Gasteiger partial charge in [0.1, 0.15) is 21.5 Å². The largest absolute Gasteiger partial charge is 0.396 e. The zero-order chi connectivity index (χ0) is 14.0. The van der Waals surface area contributed by atoms with E-state index in [-0.39, 0.29) is 10.6 Å². The molecule has 0 spiro atoms. The van der Waals surface area contributed by atoms with E-state index in [1.807, 2.05) is 6.07 Å². The van der Waals surface area contributed by atoms with E-state index in [2.05, 4.69) is 17.3 Å². The molecule has 0 bridgehead atoms. The topological polar surface area (TPSA) is 108 Å².